The quantitative estimate of drug-likeness (QED) is 0.622. The number of carbonyl (C=O) groups is 1. The zero-order valence-electron chi connectivity index (χ0n) is 8.50. The number of nitro benzene ring substituents is 1. The van der Waals surface area contributed by atoms with Crippen LogP contribution in [0, 0.1) is 10.1 Å². The van der Waals surface area contributed by atoms with Crippen LogP contribution in [-0.2, 0) is 4.79 Å². The Morgan fingerprint density at radius 3 is 2.76 bits per heavy atom. The Kier molecular flexibility index (Phi) is 4.41. The number of carboxylic acids is 1. The molecular weight excluding hydrogens is 296 g/mol. The average molecular weight is 305 g/mol. The van der Waals surface area contributed by atoms with Gasteiger partial charge in [0.05, 0.1) is 4.92 Å². The van der Waals surface area contributed by atoms with Crippen LogP contribution < -0.4 is 10.5 Å². The number of nitro groups is 1. The van der Waals surface area contributed by atoms with Gasteiger partial charge in [-0.1, -0.05) is 15.9 Å². The summed E-state index contributed by atoms with van der Waals surface area (Å²) in [6.45, 7) is -0.275. The summed E-state index contributed by atoms with van der Waals surface area (Å²) < 4.78 is 5.48. The SMILES string of the molecule is NCC(Oc1ccc(Br)cc1[N+](=O)[O-])C(=O)O. The second-order valence-corrected chi connectivity index (χ2v) is 3.97. The molecule has 1 aromatic rings. The van der Waals surface area contributed by atoms with E-state index in [0.717, 1.165) is 0 Å². The van der Waals surface area contributed by atoms with E-state index in [1.807, 2.05) is 0 Å². The number of nitrogens with zero attached hydrogens (tertiary/aromatic N) is 1. The van der Waals surface area contributed by atoms with E-state index in [1.165, 1.54) is 18.2 Å². The first-order valence-electron chi connectivity index (χ1n) is 4.49. The number of benzene rings is 1. The molecule has 0 spiro atoms. The number of hydrogen-bond acceptors (Lipinski definition) is 5. The Morgan fingerprint density at radius 1 is 1.65 bits per heavy atom. The summed E-state index contributed by atoms with van der Waals surface area (Å²) in [5.41, 5.74) is 4.87. The van der Waals surface area contributed by atoms with Gasteiger partial charge in [0.15, 0.2) is 5.75 Å². The molecule has 0 aliphatic carbocycles. The van der Waals surface area contributed by atoms with Gasteiger partial charge in [0, 0.05) is 17.1 Å². The number of carboxylic acid groups (broad SMARTS) is 1. The number of aliphatic carboxylic acids is 1. The Balaban J connectivity index is 3.05. The highest BCUT2D eigenvalue weighted by molar-refractivity contribution is 9.10. The largest absolute Gasteiger partial charge is 0.478 e. The molecule has 0 aromatic heterocycles. The van der Waals surface area contributed by atoms with Crippen molar-refractivity contribution in [3.05, 3.63) is 32.8 Å². The third-order valence-electron chi connectivity index (χ3n) is 1.88. The Labute approximate surface area is 104 Å². The Morgan fingerprint density at radius 2 is 2.29 bits per heavy atom. The molecule has 0 aliphatic heterocycles. The van der Waals surface area contributed by atoms with Crippen molar-refractivity contribution >= 4 is 27.6 Å². The standard InChI is InChI=1S/C9H9BrN2O5/c10-5-1-2-7(6(3-5)12(15)16)17-8(4-11)9(13)14/h1-3,8H,4,11H2,(H,13,14). The Hall–Kier alpha value is -1.67. The zero-order chi connectivity index (χ0) is 13.0. The summed E-state index contributed by atoms with van der Waals surface area (Å²) in [6, 6.07) is 4.05. The lowest BCUT2D eigenvalue weighted by Gasteiger charge is -2.12. The third-order valence-corrected chi connectivity index (χ3v) is 2.37. The maximum Gasteiger partial charge on any atom is 0.346 e. The van der Waals surface area contributed by atoms with E-state index < -0.39 is 17.0 Å². The molecule has 3 N–H and O–H groups in total. The van der Waals surface area contributed by atoms with Gasteiger partial charge in [-0.05, 0) is 12.1 Å². The maximum absolute atomic E-state index is 10.7. The van der Waals surface area contributed by atoms with Gasteiger partial charge < -0.3 is 15.6 Å². The monoisotopic (exact) mass is 304 g/mol. The fraction of sp³-hybridized carbons (Fsp3) is 0.222. The number of rotatable bonds is 5. The first kappa shape index (κ1) is 13.4. The normalized spacial score (nSPS) is 11.9. The van der Waals surface area contributed by atoms with Crippen LogP contribution in [0.2, 0.25) is 0 Å². The summed E-state index contributed by atoms with van der Waals surface area (Å²) >= 11 is 3.08. The molecule has 0 saturated heterocycles. The van der Waals surface area contributed by atoms with Crippen molar-refractivity contribution in [2.75, 3.05) is 6.54 Å². The smallest absolute Gasteiger partial charge is 0.346 e. The highest BCUT2D eigenvalue weighted by Gasteiger charge is 2.23. The highest BCUT2D eigenvalue weighted by atomic mass is 79.9. The molecule has 92 valence electrons. The van der Waals surface area contributed by atoms with Crippen molar-refractivity contribution in [1.82, 2.24) is 0 Å². The molecule has 0 saturated carbocycles. The lowest BCUT2D eigenvalue weighted by Crippen LogP contribution is -2.34. The summed E-state index contributed by atoms with van der Waals surface area (Å²) in [6.07, 6.45) is -1.31. The minimum atomic E-state index is -1.31. The van der Waals surface area contributed by atoms with E-state index in [4.69, 9.17) is 15.6 Å². The van der Waals surface area contributed by atoms with Crippen LogP contribution >= 0.6 is 15.9 Å². The predicted octanol–water partition coefficient (Wildman–Crippen LogP) is 1.15. The molecule has 0 heterocycles. The summed E-state index contributed by atoms with van der Waals surface area (Å²) in [4.78, 5) is 20.8. The van der Waals surface area contributed by atoms with Crippen LogP contribution in [0.3, 0.4) is 0 Å². The molecule has 1 aromatic carbocycles. The van der Waals surface area contributed by atoms with Crippen LogP contribution in [0.4, 0.5) is 5.69 Å². The lowest BCUT2D eigenvalue weighted by molar-refractivity contribution is -0.386. The van der Waals surface area contributed by atoms with Gasteiger partial charge in [0.2, 0.25) is 6.10 Å². The third kappa shape index (κ3) is 3.40. The summed E-state index contributed by atoms with van der Waals surface area (Å²) in [5, 5.41) is 19.5. The predicted molar refractivity (Wildman–Crippen MR) is 61.9 cm³/mol. The molecule has 0 fully saturated rings. The molecule has 0 amide bonds. The van der Waals surface area contributed by atoms with Crippen LogP contribution in [0.15, 0.2) is 22.7 Å². The fourth-order valence-electron chi connectivity index (χ4n) is 1.09. The summed E-state index contributed by atoms with van der Waals surface area (Å²) in [7, 11) is 0. The fourth-order valence-corrected chi connectivity index (χ4v) is 1.43. The van der Waals surface area contributed by atoms with Gasteiger partial charge in [0.25, 0.3) is 0 Å². The van der Waals surface area contributed by atoms with Gasteiger partial charge in [-0.2, -0.15) is 0 Å². The molecular formula is C9H9BrN2O5. The molecule has 1 unspecified atom stereocenters. The minimum absolute atomic E-state index is 0.129. The molecule has 8 heteroatoms. The van der Waals surface area contributed by atoms with Gasteiger partial charge in [-0.3, -0.25) is 10.1 Å². The van der Waals surface area contributed by atoms with Gasteiger partial charge in [-0.25, -0.2) is 4.79 Å². The average Bonchev–Trinajstić information content (AvgIpc) is 2.26. The van der Waals surface area contributed by atoms with E-state index in [-0.39, 0.29) is 18.0 Å². The lowest BCUT2D eigenvalue weighted by atomic mass is 10.3. The van der Waals surface area contributed by atoms with Gasteiger partial charge >= 0.3 is 11.7 Å². The van der Waals surface area contributed by atoms with Crippen molar-refractivity contribution in [2.24, 2.45) is 5.73 Å². The van der Waals surface area contributed by atoms with Crippen molar-refractivity contribution in [3.63, 3.8) is 0 Å². The van der Waals surface area contributed by atoms with Crippen LogP contribution in [0.5, 0.6) is 5.75 Å². The van der Waals surface area contributed by atoms with E-state index in [1.54, 1.807) is 0 Å². The van der Waals surface area contributed by atoms with Crippen LogP contribution in [-0.4, -0.2) is 28.6 Å². The van der Waals surface area contributed by atoms with E-state index in [0.29, 0.717) is 4.47 Å². The van der Waals surface area contributed by atoms with E-state index in [9.17, 15) is 14.9 Å². The highest BCUT2D eigenvalue weighted by Crippen LogP contribution is 2.30. The maximum atomic E-state index is 10.7. The molecule has 0 radical (unpaired) electrons. The molecule has 1 atom stereocenters. The number of nitrogens with two attached hydrogens (primary N) is 1. The van der Waals surface area contributed by atoms with Crippen LogP contribution in [0.25, 0.3) is 0 Å². The van der Waals surface area contributed by atoms with Crippen molar-refractivity contribution in [3.8, 4) is 5.75 Å². The first-order valence-corrected chi connectivity index (χ1v) is 5.28. The number of ether oxygens (including phenoxy) is 1. The number of halogens is 1. The number of hydrogen-bond donors (Lipinski definition) is 2. The molecule has 17 heavy (non-hydrogen) atoms. The minimum Gasteiger partial charge on any atom is -0.478 e. The van der Waals surface area contributed by atoms with E-state index in [2.05, 4.69) is 15.9 Å². The van der Waals surface area contributed by atoms with E-state index >= 15 is 0 Å². The van der Waals surface area contributed by atoms with Gasteiger partial charge in [-0.15, -0.1) is 0 Å². The van der Waals surface area contributed by atoms with Crippen molar-refractivity contribution < 1.29 is 19.6 Å². The van der Waals surface area contributed by atoms with Crippen molar-refractivity contribution in [2.45, 2.75) is 6.10 Å². The summed E-state index contributed by atoms with van der Waals surface area (Å²) in [5.74, 6) is -1.40. The molecule has 7 nitrogen and oxygen atoms in total. The second kappa shape index (κ2) is 5.60. The molecule has 0 bridgehead atoms. The van der Waals surface area contributed by atoms with Gasteiger partial charge in [0.1, 0.15) is 0 Å². The zero-order valence-corrected chi connectivity index (χ0v) is 10.1. The van der Waals surface area contributed by atoms with Crippen molar-refractivity contribution in [1.29, 1.82) is 0 Å². The second-order valence-electron chi connectivity index (χ2n) is 3.05. The molecule has 1 rings (SSSR count). The molecule has 0 aliphatic rings. The first-order chi connectivity index (χ1) is 7.95. The topological polar surface area (TPSA) is 116 Å². The Bertz CT molecular complexity index is 451. The van der Waals surface area contributed by atoms with Crippen LogP contribution in [0.1, 0.15) is 0 Å².